The van der Waals surface area contributed by atoms with E-state index in [0.717, 1.165) is 71.0 Å². The summed E-state index contributed by atoms with van der Waals surface area (Å²) in [4.78, 5) is 0. The van der Waals surface area contributed by atoms with Crippen LogP contribution in [0.4, 0.5) is 0 Å². The van der Waals surface area contributed by atoms with Gasteiger partial charge in [-0.05, 0) is 83.9 Å². The van der Waals surface area contributed by atoms with Crippen molar-refractivity contribution >= 4 is 0 Å². The van der Waals surface area contributed by atoms with Crippen LogP contribution in [0.3, 0.4) is 0 Å². The summed E-state index contributed by atoms with van der Waals surface area (Å²) in [6.07, 6.45) is 4.45. The van der Waals surface area contributed by atoms with Crippen molar-refractivity contribution in [1.82, 2.24) is 0 Å². The third kappa shape index (κ3) is 3.25. The van der Waals surface area contributed by atoms with Crippen molar-refractivity contribution in [3.8, 4) is 0 Å². The van der Waals surface area contributed by atoms with Crippen LogP contribution in [0.5, 0.6) is 0 Å². The van der Waals surface area contributed by atoms with E-state index in [9.17, 15) is 0 Å². The Hall–Kier alpha value is 0. The van der Waals surface area contributed by atoms with Crippen molar-refractivity contribution < 1.29 is 0 Å². The Kier molecular flexibility index (Phi) is 4.94. The van der Waals surface area contributed by atoms with Gasteiger partial charge in [-0.1, -0.05) is 61.8 Å². The van der Waals surface area contributed by atoms with Gasteiger partial charge in [-0.25, -0.2) is 0 Å². The van der Waals surface area contributed by atoms with Crippen LogP contribution < -0.4 is 0 Å². The van der Waals surface area contributed by atoms with Crippen molar-refractivity contribution in [2.24, 2.45) is 71.0 Å². The van der Waals surface area contributed by atoms with Gasteiger partial charge in [0, 0.05) is 0 Å². The van der Waals surface area contributed by atoms with Crippen molar-refractivity contribution in [3.63, 3.8) is 0 Å². The van der Waals surface area contributed by atoms with Crippen LogP contribution in [0.15, 0.2) is 0 Å². The Labute approximate surface area is 146 Å². The summed E-state index contributed by atoms with van der Waals surface area (Å²) in [5.41, 5.74) is 0. The smallest absolute Gasteiger partial charge is 0.0326 e. The molecule has 0 nitrogen and oxygen atoms in total. The minimum Gasteiger partial charge on any atom is -0.0651 e. The summed E-state index contributed by atoms with van der Waals surface area (Å²) >= 11 is 0. The zero-order valence-corrected chi connectivity index (χ0v) is 17.0. The van der Waals surface area contributed by atoms with Gasteiger partial charge in [-0.3, -0.25) is 0 Å². The molecular weight excluding hydrogens is 276 g/mol. The molecule has 11 unspecified atom stereocenters. The fraction of sp³-hybridized carbons (Fsp3) is 1.00. The minimum atomic E-state index is 0.895. The zero-order chi connectivity index (χ0) is 17.0. The summed E-state index contributed by atoms with van der Waals surface area (Å²) in [5.74, 6) is 12.1. The fourth-order valence-electron chi connectivity index (χ4n) is 7.24. The van der Waals surface area contributed by atoms with Gasteiger partial charge in [-0.2, -0.15) is 0 Å². The number of hydrogen-bond acceptors (Lipinski definition) is 0. The summed E-state index contributed by atoms with van der Waals surface area (Å²) in [5, 5.41) is 0. The van der Waals surface area contributed by atoms with Gasteiger partial charge in [-0.15, -0.1) is 0 Å². The van der Waals surface area contributed by atoms with Crippen LogP contribution in [0.2, 0.25) is 0 Å². The first kappa shape index (κ1) is 17.8. The van der Waals surface area contributed by atoms with Crippen LogP contribution in [-0.4, -0.2) is 0 Å². The van der Waals surface area contributed by atoms with E-state index in [0.29, 0.717) is 0 Å². The monoisotopic (exact) mass is 318 g/mol. The third-order valence-electron chi connectivity index (χ3n) is 8.76. The van der Waals surface area contributed by atoms with E-state index in [-0.39, 0.29) is 0 Å². The highest BCUT2D eigenvalue weighted by Crippen LogP contribution is 2.62. The average Bonchev–Trinajstić information content (AvgIpc) is 3.39. The molecule has 0 heteroatoms. The SMILES string of the molecule is CCC1C(C)C1CC(C)C1C(C)C1CC(C)C1C(C)C1C(C)C. The van der Waals surface area contributed by atoms with Gasteiger partial charge < -0.3 is 0 Å². The molecule has 0 aromatic rings. The molecule has 3 aliphatic rings. The second-order valence-corrected chi connectivity index (χ2v) is 10.4. The Balaban J connectivity index is 1.45. The Morgan fingerprint density at radius 2 is 1.17 bits per heavy atom. The van der Waals surface area contributed by atoms with Crippen molar-refractivity contribution in [3.05, 3.63) is 0 Å². The topological polar surface area (TPSA) is 0 Å². The first-order chi connectivity index (χ1) is 10.8. The normalized spacial score (nSPS) is 50.7. The van der Waals surface area contributed by atoms with E-state index < -0.39 is 0 Å². The second kappa shape index (κ2) is 6.38. The van der Waals surface area contributed by atoms with Crippen LogP contribution in [-0.2, 0) is 0 Å². The molecule has 3 fully saturated rings. The molecule has 3 saturated carbocycles. The highest BCUT2D eigenvalue weighted by atomic mass is 14.6. The number of hydrogen-bond donors (Lipinski definition) is 0. The second-order valence-electron chi connectivity index (χ2n) is 10.4. The molecule has 0 bridgehead atoms. The maximum Gasteiger partial charge on any atom is -0.0326 e. The molecule has 0 radical (unpaired) electrons. The van der Waals surface area contributed by atoms with E-state index in [4.69, 9.17) is 0 Å². The van der Waals surface area contributed by atoms with Gasteiger partial charge in [0.15, 0.2) is 0 Å². The standard InChI is InChI=1S/C23H42/c1-9-18-15(6)19(18)10-13(4)22-16(7)20(22)11-14(5)23-17(8)21(23)12(2)3/h12-23H,9-11H2,1-8H3. The van der Waals surface area contributed by atoms with E-state index >= 15 is 0 Å². The maximum atomic E-state index is 2.57. The van der Waals surface area contributed by atoms with Gasteiger partial charge in [0.05, 0.1) is 0 Å². The van der Waals surface area contributed by atoms with E-state index in [1.807, 2.05) is 0 Å². The van der Waals surface area contributed by atoms with Crippen LogP contribution >= 0.6 is 0 Å². The molecule has 0 aromatic carbocycles. The lowest BCUT2D eigenvalue weighted by molar-refractivity contribution is 0.345. The lowest BCUT2D eigenvalue weighted by atomic mass is 9.90. The predicted molar refractivity (Wildman–Crippen MR) is 101 cm³/mol. The summed E-state index contributed by atoms with van der Waals surface area (Å²) in [7, 11) is 0. The fourth-order valence-corrected chi connectivity index (χ4v) is 7.24. The number of rotatable bonds is 8. The summed E-state index contributed by atoms with van der Waals surface area (Å²) < 4.78 is 0. The van der Waals surface area contributed by atoms with Gasteiger partial charge in [0.25, 0.3) is 0 Å². The average molecular weight is 319 g/mol. The molecule has 0 heterocycles. The molecule has 0 N–H and O–H groups in total. The minimum absolute atomic E-state index is 0.895. The largest absolute Gasteiger partial charge is 0.0651 e. The van der Waals surface area contributed by atoms with Crippen molar-refractivity contribution in [2.45, 2.75) is 74.7 Å². The molecule has 134 valence electrons. The maximum absolute atomic E-state index is 2.57. The molecule has 3 rings (SSSR count). The van der Waals surface area contributed by atoms with E-state index in [1.54, 1.807) is 0 Å². The predicted octanol–water partition coefficient (Wildman–Crippen LogP) is 6.75. The highest BCUT2D eigenvalue weighted by Gasteiger charge is 2.56. The molecular formula is C23H42. The summed E-state index contributed by atoms with van der Waals surface area (Å²) in [6.45, 7) is 19.9. The Morgan fingerprint density at radius 1 is 0.609 bits per heavy atom. The molecule has 0 amide bonds. The molecule has 0 aromatic heterocycles. The first-order valence-corrected chi connectivity index (χ1v) is 10.8. The van der Waals surface area contributed by atoms with Gasteiger partial charge in [0.1, 0.15) is 0 Å². The Bertz CT molecular complexity index is 410. The summed E-state index contributed by atoms with van der Waals surface area (Å²) in [6, 6.07) is 0. The Morgan fingerprint density at radius 3 is 1.65 bits per heavy atom. The van der Waals surface area contributed by atoms with E-state index in [2.05, 4.69) is 55.4 Å². The van der Waals surface area contributed by atoms with Crippen molar-refractivity contribution in [1.29, 1.82) is 0 Å². The van der Waals surface area contributed by atoms with Crippen LogP contribution in [0.1, 0.15) is 74.7 Å². The molecule has 11 atom stereocenters. The first-order valence-electron chi connectivity index (χ1n) is 10.8. The van der Waals surface area contributed by atoms with Gasteiger partial charge >= 0.3 is 0 Å². The zero-order valence-electron chi connectivity index (χ0n) is 17.0. The van der Waals surface area contributed by atoms with Crippen molar-refractivity contribution in [2.75, 3.05) is 0 Å². The molecule has 0 aliphatic heterocycles. The van der Waals surface area contributed by atoms with Gasteiger partial charge in [0.2, 0.25) is 0 Å². The van der Waals surface area contributed by atoms with E-state index in [1.165, 1.54) is 19.3 Å². The molecule has 3 aliphatic carbocycles. The molecule has 0 saturated heterocycles. The quantitative estimate of drug-likeness (QED) is 0.464. The van der Waals surface area contributed by atoms with Crippen LogP contribution in [0.25, 0.3) is 0 Å². The lowest BCUT2D eigenvalue weighted by Crippen LogP contribution is -2.07. The lowest BCUT2D eigenvalue weighted by Gasteiger charge is -2.15. The molecule has 23 heavy (non-hydrogen) atoms. The van der Waals surface area contributed by atoms with Crippen LogP contribution in [0, 0.1) is 71.0 Å². The third-order valence-corrected chi connectivity index (χ3v) is 8.76. The highest BCUT2D eigenvalue weighted by molar-refractivity contribution is 5.04. The molecule has 0 spiro atoms.